The molecule has 3 aromatic carbocycles. The Balaban J connectivity index is 1.54. The average Bonchev–Trinajstić information content (AvgIpc) is 2.84. The van der Waals surface area contributed by atoms with Gasteiger partial charge >= 0.3 is 0 Å². The van der Waals surface area contributed by atoms with Gasteiger partial charge < -0.3 is 9.47 Å². The molecule has 2 heterocycles. The van der Waals surface area contributed by atoms with Crippen molar-refractivity contribution in [2.24, 2.45) is 0 Å². The molecule has 0 saturated carbocycles. The SMILES string of the molecule is Fc1ccc(-c2c(C3CCOCC3)cnc3cc(OCc4ccccc4)ccc23)cc1. The minimum absolute atomic E-state index is 0.230. The van der Waals surface area contributed by atoms with E-state index in [-0.39, 0.29) is 5.82 Å². The second-order valence-electron chi connectivity index (χ2n) is 7.94. The van der Waals surface area contributed by atoms with E-state index in [1.807, 2.05) is 60.8 Å². The Morgan fingerprint density at radius 2 is 1.71 bits per heavy atom. The largest absolute Gasteiger partial charge is 0.489 e. The summed E-state index contributed by atoms with van der Waals surface area (Å²) in [5, 5.41) is 1.06. The fourth-order valence-corrected chi connectivity index (χ4v) is 4.28. The van der Waals surface area contributed by atoms with E-state index in [9.17, 15) is 4.39 Å². The average molecular weight is 413 g/mol. The molecule has 1 aliphatic rings. The van der Waals surface area contributed by atoms with Gasteiger partial charge in [-0.3, -0.25) is 4.98 Å². The van der Waals surface area contributed by atoms with E-state index in [0.29, 0.717) is 12.5 Å². The highest BCUT2D eigenvalue weighted by molar-refractivity contribution is 5.96. The van der Waals surface area contributed by atoms with Crippen LogP contribution < -0.4 is 4.74 Å². The third kappa shape index (κ3) is 4.30. The molecule has 0 atom stereocenters. The van der Waals surface area contributed by atoms with Gasteiger partial charge in [0.05, 0.1) is 5.52 Å². The van der Waals surface area contributed by atoms with Gasteiger partial charge in [-0.2, -0.15) is 0 Å². The first-order valence-electron chi connectivity index (χ1n) is 10.7. The van der Waals surface area contributed by atoms with Crippen LogP contribution in [0.5, 0.6) is 5.75 Å². The maximum Gasteiger partial charge on any atom is 0.123 e. The molecule has 0 unspecified atom stereocenters. The minimum atomic E-state index is -0.230. The molecule has 0 spiro atoms. The molecule has 1 fully saturated rings. The molecule has 0 N–H and O–H groups in total. The summed E-state index contributed by atoms with van der Waals surface area (Å²) < 4.78 is 25.2. The van der Waals surface area contributed by atoms with Crippen LogP contribution in [0, 0.1) is 5.82 Å². The number of hydrogen-bond acceptors (Lipinski definition) is 3. The van der Waals surface area contributed by atoms with E-state index < -0.39 is 0 Å². The quantitative estimate of drug-likeness (QED) is 0.373. The van der Waals surface area contributed by atoms with Crippen molar-refractivity contribution in [1.82, 2.24) is 4.98 Å². The van der Waals surface area contributed by atoms with Crippen molar-refractivity contribution in [3.05, 3.63) is 95.9 Å². The second kappa shape index (κ2) is 8.86. The van der Waals surface area contributed by atoms with Crippen LogP contribution in [-0.4, -0.2) is 18.2 Å². The van der Waals surface area contributed by atoms with Crippen molar-refractivity contribution in [3.8, 4) is 16.9 Å². The van der Waals surface area contributed by atoms with Gasteiger partial charge in [0.15, 0.2) is 0 Å². The van der Waals surface area contributed by atoms with Crippen LogP contribution in [0.15, 0.2) is 79.0 Å². The molecule has 0 radical (unpaired) electrons. The van der Waals surface area contributed by atoms with Crippen molar-refractivity contribution in [3.63, 3.8) is 0 Å². The summed E-state index contributed by atoms with van der Waals surface area (Å²) in [5.41, 5.74) is 5.35. The van der Waals surface area contributed by atoms with E-state index in [0.717, 1.165) is 59.4 Å². The lowest BCUT2D eigenvalue weighted by molar-refractivity contribution is 0.0854. The van der Waals surface area contributed by atoms with Crippen LogP contribution in [0.2, 0.25) is 0 Å². The lowest BCUT2D eigenvalue weighted by Crippen LogP contribution is -2.15. The van der Waals surface area contributed by atoms with E-state index in [4.69, 9.17) is 14.5 Å². The van der Waals surface area contributed by atoms with Crippen LogP contribution in [-0.2, 0) is 11.3 Å². The molecule has 1 aromatic heterocycles. The van der Waals surface area contributed by atoms with Gasteiger partial charge in [0.2, 0.25) is 0 Å². The van der Waals surface area contributed by atoms with Crippen LogP contribution in [0.1, 0.15) is 29.9 Å². The Morgan fingerprint density at radius 3 is 2.48 bits per heavy atom. The first-order chi connectivity index (χ1) is 15.3. The first-order valence-corrected chi connectivity index (χ1v) is 10.7. The van der Waals surface area contributed by atoms with Gasteiger partial charge in [-0.1, -0.05) is 42.5 Å². The summed E-state index contributed by atoms with van der Waals surface area (Å²) in [4.78, 5) is 4.78. The van der Waals surface area contributed by atoms with Gasteiger partial charge in [-0.25, -0.2) is 4.39 Å². The summed E-state index contributed by atoms with van der Waals surface area (Å²) in [6.07, 6.45) is 3.93. The highest BCUT2D eigenvalue weighted by Crippen LogP contribution is 2.39. The van der Waals surface area contributed by atoms with Crippen molar-refractivity contribution < 1.29 is 13.9 Å². The maximum absolute atomic E-state index is 13.6. The number of nitrogens with zero attached hydrogens (tertiary/aromatic N) is 1. The molecule has 4 aromatic rings. The molecule has 3 nitrogen and oxygen atoms in total. The Labute approximate surface area is 181 Å². The maximum atomic E-state index is 13.6. The van der Waals surface area contributed by atoms with E-state index >= 15 is 0 Å². The number of halogens is 1. The van der Waals surface area contributed by atoms with Crippen LogP contribution in [0.3, 0.4) is 0 Å². The molecule has 156 valence electrons. The normalized spacial score (nSPS) is 14.6. The highest BCUT2D eigenvalue weighted by Gasteiger charge is 2.22. The number of fused-ring (bicyclic) bond motifs is 1. The molecule has 0 amide bonds. The molecular weight excluding hydrogens is 389 g/mol. The minimum Gasteiger partial charge on any atom is -0.489 e. The van der Waals surface area contributed by atoms with E-state index in [2.05, 4.69) is 6.07 Å². The van der Waals surface area contributed by atoms with Crippen molar-refractivity contribution in [2.75, 3.05) is 13.2 Å². The highest BCUT2D eigenvalue weighted by atomic mass is 19.1. The summed E-state index contributed by atoms with van der Waals surface area (Å²) >= 11 is 0. The van der Waals surface area contributed by atoms with Crippen LogP contribution >= 0.6 is 0 Å². The molecule has 0 bridgehead atoms. The number of benzene rings is 3. The lowest BCUT2D eigenvalue weighted by atomic mass is 9.85. The van der Waals surface area contributed by atoms with Crippen LogP contribution in [0.4, 0.5) is 4.39 Å². The van der Waals surface area contributed by atoms with Crippen LogP contribution in [0.25, 0.3) is 22.0 Å². The third-order valence-electron chi connectivity index (χ3n) is 5.91. The smallest absolute Gasteiger partial charge is 0.123 e. The first kappa shape index (κ1) is 19.7. The predicted octanol–water partition coefficient (Wildman–Crippen LogP) is 6.51. The van der Waals surface area contributed by atoms with Crippen molar-refractivity contribution in [1.29, 1.82) is 0 Å². The zero-order chi connectivity index (χ0) is 21.0. The van der Waals surface area contributed by atoms with Gasteiger partial charge in [-0.15, -0.1) is 0 Å². The molecule has 1 saturated heterocycles. The summed E-state index contributed by atoms with van der Waals surface area (Å²) in [5.74, 6) is 0.943. The Morgan fingerprint density at radius 1 is 0.935 bits per heavy atom. The monoisotopic (exact) mass is 413 g/mol. The number of ether oxygens (including phenoxy) is 2. The Hall–Kier alpha value is -3.24. The molecule has 4 heteroatoms. The van der Waals surface area contributed by atoms with Crippen molar-refractivity contribution >= 4 is 10.9 Å². The van der Waals surface area contributed by atoms with Crippen molar-refractivity contribution in [2.45, 2.75) is 25.4 Å². The molecular formula is C27H24FNO2. The van der Waals surface area contributed by atoms with Gasteiger partial charge in [0.1, 0.15) is 18.2 Å². The fraction of sp³-hybridized carbons (Fsp3) is 0.222. The summed E-state index contributed by atoms with van der Waals surface area (Å²) in [6.45, 7) is 2.03. The summed E-state index contributed by atoms with van der Waals surface area (Å²) in [6, 6.07) is 22.9. The predicted molar refractivity (Wildman–Crippen MR) is 121 cm³/mol. The molecule has 31 heavy (non-hydrogen) atoms. The number of aromatic nitrogens is 1. The molecule has 5 rings (SSSR count). The standard InChI is InChI=1S/C27H24FNO2/c28-22-8-6-21(7-9-22)27-24-11-10-23(31-18-19-4-2-1-3-5-19)16-26(24)29-17-25(27)20-12-14-30-15-13-20/h1-11,16-17,20H,12-15,18H2. The zero-order valence-corrected chi connectivity index (χ0v) is 17.3. The Kier molecular flexibility index (Phi) is 5.63. The fourth-order valence-electron chi connectivity index (χ4n) is 4.28. The van der Waals surface area contributed by atoms with Gasteiger partial charge in [-0.05, 0) is 65.3 Å². The van der Waals surface area contributed by atoms with E-state index in [1.165, 1.54) is 17.7 Å². The molecule has 0 aliphatic carbocycles. The van der Waals surface area contributed by atoms with Gasteiger partial charge in [0, 0.05) is 30.9 Å². The number of rotatable bonds is 5. The van der Waals surface area contributed by atoms with Gasteiger partial charge in [0.25, 0.3) is 0 Å². The third-order valence-corrected chi connectivity index (χ3v) is 5.91. The summed E-state index contributed by atoms with van der Waals surface area (Å²) in [7, 11) is 0. The molecule has 1 aliphatic heterocycles. The topological polar surface area (TPSA) is 31.4 Å². The second-order valence-corrected chi connectivity index (χ2v) is 7.94. The lowest BCUT2D eigenvalue weighted by Gasteiger charge is -2.25. The van der Waals surface area contributed by atoms with E-state index in [1.54, 1.807) is 0 Å². The number of pyridine rings is 1. The Bertz CT molecular complexity index is 1170. The number of hydrogen-bond donors (Lipinski definition) is 0. The zero-order valence-electron chi connectivity index (χ0n) is 17.3.